The summed E-state index contributed by atoms with van der Waals surface area (Å²) in [6.07, 6.45) is 5.25. The lowest BCUT2D eigenvalue weighted by Gasteiger charge is -2.19. The maximum absolute atomic E-state index is 12.8. The highest BCUT2D eigenvalue weighted by atomic mass is 32.2. The number of rotatable bonds is 8. The first-order chi connectivity index (χ1) is 13.8. The topological polar surface area (TPSA) is 105 Å². The molecule has 2 heterocycles. The van der Waals surface area contributed by atoms with Gasteiger partial charge in [-0.25, -0.2) is 8.42 Å². The summed E-state index contributed by atoms with van der Waals surface area (Å²) in [4.78, 5) is 17.5. The first kappa shape index (κ1) is 21.0. The van der Waals surface area contributed by atoms with Gasteiger partial charge in [-0.1, -0.05) is 32.4 Å². The van der Waals surface area contributed by atoms with Crippen molar-refractivity contribution >= 4 is 21.8 Å². The number of carbonyl (C=O) groups excluding carboxylic acids is 1. The molecule has 1 aliphatic rings. The van der Waals surface area contributed by atoms with Gasteiger partial charge >= 0.3 is 0 Å². The Balaban J connectivity index is 1.70. The first-order valence-electron chi connectivity index (χ1n) is 9.78. The van der Waals surface area contributed by atoms with Gasteiger partial charge in [0.1, 0.15) is 11.9 Å². The van der Waals surface area contributed by atoms with Crippen molar-refractivity contribution in [2.75, 3.05) is 6.54 Å². The smallest absolute Gasteiger partial charge is 0.263 e. The molecule has 1 amide bonds. The summed E-state index contributed by atoms with van der Waals surface area (Å²) in [5, 5.41) is 7.16. The van der Waals surface area contributed by atoms with E-state index in [0.717, 1.165) is 18.4 Å². The highest BCUT2D eigenvalue weighted by molar-refractivity contribution is 7.90. The Bertz CT molecular complexity index is 1010. The second kappa shape index (κ2) is 8.77. The van der Waals surface area contributed by atoms with Gasteiger partial charge in [-0.2, -0.15) is 5.10 Å². The molecule has 1 aromatic heterocycles. The van der Waals surface area contributed by atoms with Crippen molar-refractivity contribution in [2.45, 2.75) is 51.1 Å². The molecule has 8 nitrogen and oxygen atoms in total. The van der Waals surface area contributed by atoms with E-state index in [-0.39, 0.29) is 22.6 Å². The van der Waals surface area contributed by atoms with Gasteiger partial charge in [-0.05, 0) is 37.0 Å². The molecule has 0 saturated carbocycles. The van der Waals surface area contributed by atoms with E-state index in [4.69, 9.17) is 0 Å². The first-order valence-corrected chi connectivity index (χ1v) is 11.3. The van der Waals surface area contributed by atoms with Crippen LogP contribution in [0.2, 0.25) is 0 Å². The summed E-state index contributed by atoms with van der Waals surface area (Å²) in [6, 6.07) is 5.99. The number of nitrogens with one attached hydrogen (secondary N) is 2. The lowest BCUT2D eigenvalue weighted by molar-refractivity contribution is -0.123. The van der Waals surface area contributed by atoms with E-state index in [1.54, 1.807) is 24.4 Å². The zero-order valence-electron chi connectivity index (χ0n) is 16.9. The molecule has 0 unspecified atom stereocenters. The molecule has 156 valence electrons. The molecule has 0 radical (unpaired) electrons. The Morgan fingerprint density at radius 3 is 2.79 bits per heavy atom. The van der Waals surface area contributed by atoms with Crippen molar-refractivity contribution in [2.24, 2.45) is 10.9 Å². The average molecular weight is 418 g/mol. The largest absolute Gasteiger partial charge is 0.354 e. The second-order valence-corrected chi connectivity index (χ2v) is 8.99. The Morgan fingerprint density at radius 1 is 1.34 bits per heavy atom. The van der Waals surface area contributed by atoms with E-state index in [1.165, 1.54) is 6.07 Å². The van der Waals surface area contributed by atoms with E-state index in [1.807, 2.05) is 31.6 Å². The monoisotopic (exact) mass is 417 g/mol. The van der Waals surface area contributed by atoms with Crippen LogP contribution in [0.1, 0.15) is 37.8 Å². The summed E-state index contributed by atoms with van der Waals surface area (Å²) >= 11 is 0. The lowest BCUT2D eigenvalue weighted by atomic mass is 9.98. The molecule has 29 heavy (non-hydrogen) atoms. The van der Waals surface area contributed by atoms with Crippen LogP contribution in [-0.2, 0) is 21.4 Å². The molecule has 0 saturated heterocycles. The number of hydrogen-bond donors (Lipinski definition) is 2. The molecule has 2 aromatic rings. The lowest BCUT2D eigenvalue weighted by Crippen LogP contribution is -2.39. The SMILES string of the molecule is CC[C@H](C)[C@H](N=C1NS(=O)(=O)c2ccccc21)C(=O)NCCCn1cc(C)cn1. The number of benzene rings is 1. The van der Waals surface area contributed by atoms with Gasteiger partial charge in [0.05, 0.1) is 11.1 Å². The Labute approximate surface area is 171 Å². The molecule has 0 spiro atoms. The minimum Gasteiger partial charge on any atom is -0.354 e. The van der Waals surface area contributed by atoms with Gasteiger partial charge < -0.3 is 5.32 Å². The van der Waals surface area contributed by atoms with Crippen LogP contribution in [0.4, 0.5) is 0 Å². The Kier molecular flexibility index (Phi) is 6.36. The molecular formula is C20H27N5O3S. The van der Waals surface area contributed by atoms with Crippen LogP contribution in [0.25, 0.3) is 0 Å². The van der Waals surface area contributed by atoms with Crippen molar-refractivity contribution in [3.05, 3.63) is 47.8 Å². The zero-order valence-corrected chi connectivity index (χ0v) is 17.7. The van der Waals surface area contributed by atoms with Crippen LogP contribution in [0.15, 0.2) is 46.5 Å². The number of aryl methyl sites for hydroxylation is 2. The number of amidine groups is 1. The van der Waals surface area contributed by atoms with Crippen LogP contribution in [0, 0.1) is 12.8 Å². The highest BCUT2D eigenvalue weighted by Crippen LogP contribution is 2.24. The third kappa shape index (κ3) is 4.84. The van der Waals surface area contributed by atoms with Gasteiger partial charge in [0.2, 0.25) is 5.91 Å². The second-order valence-electron chi connectivity index (χ2n) is 7.34. The maximum Gasteiger partial charge on any atom is 0.263 e. The van der Waals surface area contributed by atoms with Crippen molar-refractivity contribution in [1.29, 1.82) is 0 Å². The van der Waals surface area contributed by atoms with Crippen molar-refractivity contribution in [3.63, 3.8) is 0 Å². The number of fused-ring (bicyclic) bond motifs is 1. The average Bonchev–Trinajstić information content (AvgIpc) is 3.23. The standard InChI is InChI=1S/C20H27N5O3S/c1-4-15(3)18(20(26)21-10-7-11-25-13-14(2)12-22-25)23-19-16-8-5-6-9-17(16)29(27,28)24-19/h5-6,8-9,12-13,15,18H,4,7,10-11H2,1-3H3,(H,21,26)(H,23,24)/t15-,18-/m0/s1. The van der Waals surface area contributed by atoms with E-state index in [0.29, 0.717) is 18.7 Å². The molecule has 3 rings (SSSR count). The number of hydrogen-bond acceptors (Lipinski definition) is 5. The predicted molar refractivity (Wildman–Crippen MR) is 111 cm³/mol. The molecule has 9 heteroatoms. The summed E-state index contributed by atoms with van der Waals surface area (Å²) in [7, 11) is -3.63. The van der Waals surface area contributed by atoms with E-state index in [9.17, 15) is 13.2 Å². The van der Waals surface area contributed by atoms with Crippen molar-refractivity contribution in [1.82, 2.24) is 19.8 Å². The van der Waals surface area contributed by atoms with E-state index < -0.39 is 16.1 Å². The fraction of sp³-hybridized carbons (Fsp3) is 0.450. The number of amides is 1. The summed E-state index contributed by atoms with van der Waals surface area (Å²) in [5.74, 6) is -0.00586. The molecule has 1 aliphatic heterocycles. The Morgan fingerprint density at radius 2 is 2.10 bits per heavy atom. The highest BCUT2D eigenvalue weighted by Gasteiger charge is 2.32. The summed E-state index contributed by atoms with van der Waals surface area (Å²) in [5.41, 5.74) is 1.60. The van der Waals surface area contributed by atoms with Gasteiger partial charge in [-0.3, -0.25) is 19.2 Å². The minimum atomic E-state index is -3.63. The quantitative estimate of drug-likeness (QED) is 0.640. The third-order valence-electron chi connectivity index (χ3n) is 5.01. The fourth-order valence-electron chi connectivity index (χ4n) is 3.18. The van der Waals surface area contributed by atoms with Crippen LogP contribution < -0.4 is 10.0 Å². The molecule has 0 bridgehead atoms. The summed E-state index contributed by atoms with van der Waals surface area (Å²) in [6.45, 7) is 7.12. The number of nitrogens with zero attached hydrogens (tertiary/aromatic N) is 3. The number of aromatic nitrogens is 2. The van der Waals surface area contributed by atoms with Gasteiger partial charge in [0, 0.05) is 24.8 Å². The normalized spacial score (nSPS) is 18.1. The van der Waals surface area contributed by atoms with Crippen LogP contribution in [0.5, 0.6) is 0 Å². The van der Waals surface area contributed by atoms with Crippen LogP contribution >= 0.6 is 0 Å². The third-order valence-corrected chi connectivity index (χ3v) is 6.41. The minimum absolute atomic E-state index is 0.0338. The van der Waals surface area contributed by atoms with E-state index in [2.05, 4.69) is 20.1 Å². The number of carbonyl (C=O) groups is 1. The molecule has 2 atom stereocenters. The van der Waals surface area contributed by atoms with Crippen LogP contribution in [0.3, 0.4) is 0 Å². The number of sulfonamides is 1. The molecular weight excluding hydrogens is 390 g/mol. The summed E-state index contributed by atoms with van der Waals surface area (Å²) < 4.78 is 28.9. The van der Waals surface area contributed by atoms with Gasteiger partial charge in [0.15, 0.2) is 0 Å². The van der Waals surface area contributed by atoms with Gasteiger partial charge in [-0.15, -0.1) is 0 Å². The molecule has 2 N–H and O–H groups in total. The predicted octanol–water partition coefficient (Wildman–Crippen LogP) is 1.85. The number of aliphatic imine (C=N–C) groups is 1. The van der Waals surface area contributed by atoms with Crippen LogP contribution in [-0.4, -0.2) is 42.5 Å². The maximum atomic E-state index is 12.8. The Hall–Kier alpha value is -2.68. The molecule has 1 aromatic carbocycles. The van der Waals surface area contributed by atoms with Gasteiger partial charge in [0.25, 0.3) is 10.0 Å². The fourth-order valence-corrected chi connectivity index (χ4v) is 4.42. The zero-order chi connectivity index (χ0) is 21.0. The van der Waals surface area contributed by atoms with Crippen molar-refractivity contribution in [3.8, 4) is 0 Å². The van der Waals surface area contributed by atoms with Crippen molar-refractivity contribution < 1.29 is 13.2 Å². The van der Waals surface area contributed by atoms with E-state index >= 15 is 0 Å². The molecule has 0 aliphatic carbocycles. The molecule has 0 fully saturated rings.